The Balaban J connectivity index is 1.64. The van der Waals surface area contributed by atoms with Crippen LogP contribution < -0.4 is 5.32 Å². The van der Waals surface area contributed by atoms with E-state index in [9.17, 15) is 8.42 Å². The molecule has 0 bridgehead atoms. The number of fused-ring (bicyclic) bond motifs is 1. The molecular weight excluding hydrogens is 400 g/mol. The second-order valence-electron chi connectivity index (χ2n) is 7.63. The van der Waals surface area contributed by atoms with E-state index in [1.54, 1.807) is 18.2 Å². The lowest BCUT2D eigenvalue weighted by atomic mass is 10.0. The largest absolute Gasteiger partial charge is 0.379 e. The number of benzene rings is 2. The van der Waals surface area contributed by atoms with Gasteiger partial charge < -0.3 is 10.1 Å². The number of hydrogen-bond donors (Lipinski definition) is 1. The first-order valence-electron chi connectivity index (χ1n) is 9.99. The molecule has 1 aromatic heterocycles. The van der Waals surface area contributed by atoms with Gasteiger partial charge in [0.1, 0.15) is 12.1 Å². The van der Waals surface area contributed by atoms with Crippen LogP contribution in [0.2, 0.25) is 0 Å². The first-order chi connectivity index (χ1) is 14.4. The maximum atomic E-state index is 12.0. The highest BCUT2D eigenvalue weighted by Crippen LogP contribution is 2.26. The summed E-state index contributed by atoms with van der Waals surface area (Å²) in [4.78, 5) is 11.3. The number of anilines is 1. The van der Waals surface area contributed by atoms with Crippen molar-refractivity contribution in [2.45, 2.75) is 17.9 Å². The van der Waals surface area contributed by atoms with Gasteiger partial charge in [-0.25, -0.2) is 18.4 Å². The predicted molar refractivity (Wildman–Crippen MR) is 117 cm³/mol. The fourth-order valence-corrected chi connectivity index (χ4v) is 4.38. The predicted octanol–water partition coefficient (Wildman–Crippen LogP) is 2.83. The second-order valence-corrected chi connectivity index (χ2v) is 9.64. The minimum Gasteiger partial charge on any atom is -0.379 e. The molecule has 1 unspecified atom stereocenters. The zero-order valence-corrected chi connectivity index (χ0v) is 18.0. The number of hydrogen-bond acceptors (Lipinski definition) is 7. The Labute approximate surface area is 177 Å². The van der Waals surface area contributed by atoms with E-state index in [0.29, 0.717) is 23.3 Å². The van der Waals surface area contributed by atoms with E-state index in [1.807, 2.05) is 0 Å². The summed E-state index contributed by atoms with van der Waals surface area (Å²) < 4.78 is 29.5. The van der Waals surface area contributed by atoms with E-state index in [0.717, 1.165) is 26.3 Å². The Morgan fingerprint density at radius 1 is 1.10 bits per heavy atom. The Hall–Kier alpha value is -2.55. The van der Waals surface area contributed by atoms with Gasteiger partial charge in [0, 0.05) is 31.3 Å². The topological polar surface area (TPSA) is 84.4 Å². The van der Waals surface area contributed by atoms with Crippen LogP contribution >= 0.6 is 0 Å². The van der Waals surface area contributed by atoms with Crippen LogP contribution in [-0.2, 0) is 14.6 Å². The number of nitrogens with zero attached hydrogens (tertiary/aromatic N) is 3. The van der Waals surface area contributed by atoms with Crippen molar-refractivity contribution >= 4 is 26.6 Å². The third-order valence-corrected chi connectivity index (χ3v) is 6.56. The first kappa shape index (κ1) is 20.7. The first-order valence-corrected chi connectivity index (χ1v) is 11.9. The van der Waals surface area contributed by atoms with Crippen molar-refractivity contribution in [2.75, 3.05) is 44.4 Å². The van der Waals surface area contributed by atoms with Crippen molar-refractivity contribution in [2.24, 2.45) is 0 Å². The van der Waals surface area contributed by atoms with E-state index >= 15 is 0 Å². The molecular formula is C22H26N4O3S. The van der Waals surface area contributed by atoms with Crippen LogP contribution in [0.25, 0.3) is 10.9 Å². The summed E-state index contributed by atoms with van der Waals surface area (Å²) in [5.41, 5.74) is 3.16. The number of aryl methyl sites for hydroxylation is 1. The van der Waals surface area contributed by atoms with Gasteiger partial charge >= 0.3 is 0 Å². The van der Waals surface area contributed by atoms with Gasteiger partial charge in [0.2, 0.25) is 0 Å². The molecule has 30 heavy (non-hydrogen) atoms. The van der Waals surface area contributed by atoms with E-state index in [1.165, 1.54) is 23.7 Å². The number of rotatable bonds is 6. The molecule has 1 aliphatic rings. The monoisotopic (exact) mass is 426 g/mol. The van der Waals surface area contributed by atoms with Crippen molar-refractivity contribution in [3.63, 3.8) is 0 Å². The quantitative estimate of drug-likeness (QED) is 0.649. The van der Waals surface area contributed by atoms with Crippen LogP contribution in [0.3, 0.4) is 0 Å². The van der Waals surface area contributed by atoms with E-state index in [2.05, 4.69) is 51.4 Å². The van der Waals surface area contributed by atoms with Crippen molar-refractivity contribution < 1.29 is 13.2 Å². The summed E-state index contributed by atoms with van der Waals surface area (Å²) >= 11 is 0. The highest BCUT2D eigenvalue weighted by molar-refractivity contribution is 7.90. The minimum atomic E-state index is -3.31. The number of ether oxygens (including phenoxy) is 1. The molecule has 0 amide bonds. The molecule has 2 aromatic carbocycles. The van der Waals surface area contributed by atoms with Crippen LogP contribution in [-0.4, -0.2) is 62.4 Å². The Kier molecular flexibility index (Phi) is 5.99. The lowest BCUT2D eigenvalue weighted by Gasteiger charge is -2.35. The normalized spacial score (nSPS) is 16.5. The number of sulfone groups is 1. The average Bonchev–Trinajstić information content (AvgIpc) is 2.75. The number of nitrogens with one attached hydrogen (secondary N) is 1. The molecule has 0 radical (unpaired) electrons. The third-order valence-electron chi connectivity index (χ3n) is 5.45. The summed E-state index contributed by atoms with van der Waals surface area (Å²) in [5, 5.41) is 4.15. The van der Waals surface area contributed by atoms with Crippen LogP contribution in [0, 0.1) is 6.92 Å². The van der Waals surface area contributed by atoms with Crippen LogP contribution in [0.15, 0.2) is 53.7 Å². The SMILES string of the molecule is Cc1ccc(C(CNc2ncnc3ccc(S(C)(=O)=O)cc23)N2CCOCC2)cc1. The van der Waals surface area contributed by atoms with Gasteiger partial charge in [-0.1, -0.05) is 29.8 Å². The van der Waals surface area contributed by atoms with Crippen LogP contribution in [0.4, 0.5) is 5.82 Å². The minimum absolute atomic E-state index is 0.151. The molecule has 3 aromatic rings. The summed E-state index contributed by atoms with van der Waals surface area (Å²) in [5.74, 6) is 0.635. The lowest BCUT2D eigenvalue weighted by Crippen LogP contribution is -2.41. The van der Waals surface area contributed by atoms with Gasteiger partial charge in [0.25, 0.3) is 0 Å². The van der Waals surface area contributed by atoms with Gasteiger partial charge in [0.05, 0.1) is 29.7 Å². The summed E-state index contributed by atoms with van der Waals surface area (Å²) in [6.07, 6.45) is 2.71. The molecule has 158 valence electrons. The highest BCUT2D eigenvalue weighted by Gasteiger charge is 2.23. The standard InChI is InChI=1S/C22H26N4O3S/c1-16-3-5-17(6-4-16)21(26-9-11-29-12-10-26)14-23-22-19-13-18(30(2,27)28)7-8-20(19)24-15-25-22/h3-8,13,15,21H,9-12,14H2,1-2H3,(H,23,24,25). The van der Waals surface area contributed by atoms with Gasteiger partial charge in [0.15, 0.2) is 9.84 Å². The van der Waals surface area contributed by atoms with Crippen molar-refractivity contribution in [3.05, 3.63) is 59.9 Å². The zero-order chi connectivity index (χ0) is 21.1. The van der Waals surface area contributed by atoms with Crippen molar-refractivity contribution in [1.82, 2.24) is 14.9 Å². The number of aromatic nitrogens is 2. The Morgan fingerprint density at radius 2 is 1.83 bits per heavy atom. The van der Waals surface area contributed by atoms with Crippen LogP contribution in [0.5, 0.6) is 0 Å². The maximum absolute atomic E-state index is 12.0. The highest BCUT2D eigenvalue weighted by atomic mass is 32.2. The van der Waals surface area contributed by atoms with Gasteiger partial charge in [-0.15, -0.1) is 0 Å². The second kappa shape index (κ2) is 8.67. The lowest BCUT2D eigenvalue weighted by molar-refractivity contribution is 0.0187. The molecule has 1 atom stereocenters. The summed E-state index contributed by atoms with van der Waals surface area (Å²) in [6.45, 7) is 5.88. The zero-order valence-electron chi connectivity index (χ0n) is 17.2. The molecule has 2 heterocycles. The summed E-state index contributed by atoms with van der Waals surface area (Å²) in [7, 11) is -3.31. The van der Waals surface area contributed by atoms with Crippen LogP contribution in [0.1, 0.15) is 17.2 Å². The van der Waals surface area contributed by atoms with Crippen molar-refractivity contribution in [1.29, 1.82) is 0 Å². The maximum Gasteiger partial charge on any atom is 0.175 e. The van der Waals surface area contributed by atoms with E-state index < -0.39 is 9.84 Å². The molecule has 0 aliphatic carbocycles. The molecule has 1 saturated heterocycles. The molecule has 1 N–H and O–H groups in total. The summed E-state index contributed by atoms with van der Waals surface area (Å²) in [6, 6.07) is 13.7. The number of morpholine rings is 1. The van der Waals surface area contributed by atoms with Crippen molar-refractivity contribution in [3.8, 4) is 0 Å². The molecule has 1 fully saturated rings. The molecule has 8 heteroatoms. The molecule has 7 nitrogen and oxygen atoms in total. The smallest absolute Gasteiger partial charge is 0.175 e. The van der Waals surface area contributed by atoms with E-state index in [-0.39, 0.29) is 10.9 Å². The Bertz CT molecular complexity index is 1130. The fourth-order valence-electron chi connectivity index (χ4n) is 3.74. The molecule has 4 rings (SSSR count). The van der Waals surface area contributed by atoms with Gasteiger partial charge in [-0.05, 0) is 30.7 Å². The van der Waals surface area contributed by atoms with Gasteiger partial charge in [-0.3, -0.25) is 4.90 Å². The molecule has 1 aliphatic heterocycles. The third kappa shape index (κ3) is 4.61. The molecule has 0 spiro atoms. The van der Waals surface area contributed by atoms with E-state index in [4.69, 9.17) is 4.74 Å². The average molecular weight is 427 g/mol. The Morgan fingerprint density at radius 3 is 2.53 bits per heavy atom. The fraction of sp³-hybridized carbons (Fsp3) is 0.364. The van der Waals surface area contributed by atoms with Gasteiger partial charge in [-0.2, -0.15) is 0 Å². The molecule has 0 saturated carbocycles.